The predicted molar refractivity (Wildman–Crippen MR) is 67.7 cm³/mol. The third kappa shape index (κ3) is 10.2. The average molecular weight is 246 g/mol. The highest BCUT2D eigenvalue weighted by Crippen LogP contribution is 1.93. The van der Waals surface area contributed by atoms with Gasteiger partial charge in [0.1, 0.15) is 6.04 Å². The molecule has 0 heterocycles. The summed E-state index contributed by atoms with van der Waals surface area (Å²) in [6.45, 7) is 10.2. The van der Waals surface area contributed by atoms with Crippen LogP contribution in [-0.2, 0) is 14.3 Å². The molecule has 102 valence electrons. The normalized spacial score (nSPS) is 13.3. The fourth-order valence-electron chi connectivity index (χ4n) is 1.25. The van der Waals surface area contributed by atoms with Crippen molar-refractivity contribution in [2.75, 3.05) is 26.4 Å². The summed E-state index contributed by atoms with van der Waals surface area (Å²) in [7, 11) is 0. The molecule has 0 aliphatic heterocycles. The van der Waals surface area contributed by atoms with Crippen molar-refractivity contribution >= 4 is 5.91 Å². The Morgan fingerprint density at radius 1 is 1.12 bits per heavy atom. The smallest absolute Gasteiger partial charge is 0.236 e. The van der Waals surface area contributed by atoms with Gasteiger partial charge in [0.2, 0.25) is 5.91 Å². The van der Waals surface area contributed by atoms with Gasteiger partial charge in [-0.25, -0.2) is 0 Å². The van der Waals surface area contributed by atoms with Crippen molar-refractivity contribution < 1.29 is 14.3 Å². The Hall–Kier alpha value is -0.650. The maximum absolute atomic E-state index is 11.1. The molecule has 0 aromatic carbocycles. The quantitative estimate of drug-likeness (QED) is 0.551. The van der Waals surface area contributed by atoms with E-state index in [4.69, 9.17) is 15.2 Å². The van der Waals surface area contributed by atoms with E-state index in [0.29, 0.717) is 25.7 Å². The number of rotatable bonds is 10. The first-order valence-corrected chi connectivity index (χ1v) is 6.14. The molecule has 1 unspecified atom stereocenters. The zero-order valence-electron chi connectivity index (χ0n) is 11.4. The molecule has 0 spiro atoms. The minimum absolute atomic E-state index is 0.202. The lowest BCUT2D eigenvalue weighted by atomic mass is 10.2. The van der Waals surface area contributed by atoms with E-state index in [1.165, 1.54) is 0 Å². The lowest BCUT2D eigenvalue weighted by Crippen LogP contribution is -2.47. The molecule has 0 radical (unpaired) electrons. The molecule has 0 saturated carbocycles. The molecule has 1 atom stereocenters. The molecule has 5 nitrogen and oxygen atoms in total. The Bertz CT molecular complexity index is 208. The fraction of sp³-hybridized carbons (Fsp3) is 0.917. The monoisotopic (exact) mass is 246 g/mol. The number of ether oxygens (including phenoxy) is 2. The third-order valence-corrected chi connectivity index (χ3v) is 1.99. The standard InChI is InChI=1S/C12H26N2O3/c1-9(2)7-16-5-6-17-8-11(12(13)15)14-10(3)4/h9-11,14H,5-8H2,1-4H3,(H2,13,15). The van der Waals surface area contributed by atoms with Crippen LogP contribution in [0.15, 0.2) is 0 Å². The van der Waals surface area contributed by atoms with Gasteiger partial charge in [-0.05, 0) is 5.92 Å². The highest BCUT2D eigenvalue weighted by molar-refractivity contribution is 5.80. The summed E-state index contributed by atoms with van der Waals surface area (Å²) in [6.07, 6.45) is 0. The van der Waals surface area contributed by atoms with Crippen LogP contribution in [0.25, 0.3) is 0 Å². The number of carbonyl (C=O) groups is 1. The zero-order chi connectivity index (χ0) is 13.3. The Labute approximate surface area is 104 Å². The number of hydrogen-bond donors (Lipinski definition) is 2. The second-order valence-electron chi connectivity index (χ2n) is 4.82. The van der Waals surface area contributed by atoms with Crippen LogP contribution in [0.5, 0.6) is 0 Å². The number of carbonyl (C=O) groups excluding carboxylic acids is 1. The molecule has 0 aliphatic rings. The minimum Gasteiger partial charge on any atom is -0.379 e. The van der Waals surface area contributed by atoms with Crippen LogP contribution >= 0.6 is 0 Å². The number of nitrogens with two attached hydrogens (primary N) is 1. The lowest BCUT2D eigenvalue weighted by Gasteiger charge is -2.18. The van der Waals surface area contributed by atoms with Crippen LogP contribution in [0.2, 0.25) is 0 Å². The second kappa shape index (κ2) is 9.39. The summed E-state index contributed by atoms with van der Waals surface area (Å²) >= 11 is 0. The molecule has 17 heavy (non-hydrogen) atoms. The molecule has 0 aliphatic carbocycles. The van der Waals surface area contributed by atoms with E-state index in [9.17, 15) is 4.79 Å². The molecule has 0 bridgehead atoms. The van der Waals surface area contributed by atoms with Crippen molar-refractivity contribution in [2.45, 2.75) is 39.8 Å². The van der Waals surface area contributed by atoms with Crippen LogP contribution in [0, 0.1) is 5.92 Å². The molecule has 0 saturated heterocycles. The van der Waals surface area contributed by atoms with Gasteiger partial charge in [0.15, 0.2) is 0 Å². The largest absolute Gasteiger partial charge is 0.379 e. The number of primary amides is 1. The maximum atomic E-state index is 11.1. The van der Waals surface area contributed by atoms with Crippen LogP contribution in [0.3, 0.4) is 0 Å². The van der Waals surface area contributed by atoms with E-state index in [2.05, 4.69) is 19.2 Å². The molecule has 0 fully saturated rings. The molecule has 5 heteroatoms. The van der Waals surface area contributed by atoms with E-state index in [0.717, 1.165) is 6.61 Å². The van der Waals surface area contributed by atoms with E-state index in [-0.39, 0.29) is 11.9 Å². The van der Waals surface area contributed by atoms with Gasteiger partial charge in [0.05, 0.1) is 19.8 Å². The van der Waals surface area contributed by atoms with Crippen molar-refractivity contribution in [2.24, 2.45) is 11.7 Å². The van der Waals surface area contributed by atoms with Gasteiger partial charge in [-0.1, -0.05) is 27.7 Å². The summed E-state index contributed by atoms with van der Waals surface area (Å²) in [5, 5.41) is 3.05. The highest BCUT2D eigenvalue weighted by Gasteiger charge is 2.15. The summed E-state index contributed by atoms with van der Waals surface area (Å²) in [6, 6.07) is -0.228. The van der Waals surface area contributed by atoms with E-state index in [1.54, 1.807) is 0 Å². The molecular formula is C12H26N2O3. The van der Waals surface area contributed by atoms with Gasteiger partial charge in [0, 0.05) is 12.6 Å². The number of hydrogen-bond acceptors (Lipinski definition) is 4. The van der Waals surface area contributed by atoms with Crippen LogP contribution in [0.1, 0.15) is 27.7 Å². The van der Waals surface area contributed by atoms with Crippen molar-refractivity contribution in [3.05, 3.63) is 0 Å². The molecule has 3 N–H and O–H groups in total. The molecule has 0 aromatic heterocycles. The molecule has 1 amide bonds. The van der Waals surface area contributed by atoms with Crippen molar-refractivity contribution in [3.63, 3.8) is 0 Å². The van der Waals surface area contributed by atoms with Crippen molar-refractivity contribution in [1.82, 2.24) is 5.32 Å². The first-order valence-electron chi connectivity index (χ1n) is 6.14. The number of nitrogens with one attached hydrogen (secondary N) is 1. The van der Waals surface area contributed by atoms with Crippen LogP contribution in [0.4, 0.5) is 0 Å². The topological polar surface area (TPSA) is 73.6 Å². The second-order valence-corrected chi connectivity index (χ2v) is 4.82. The summed E-state index contributed by atoms with van der Waals surface area (Å²) in [4.78, 5) is 11.1. The van der Waals surface area contributed by atoms with Gasteiger partial charge < -0.3 is 20.5 Å². The number of amides is 1. The van der Waals surface area contributed by atoms with Gasteiger partial charge >= 0.3 is 0 Å². The van der Waals surface area contributed by atoms with E-state index in [1.807, 2.05) is 13.8 Å². The first kappa shape index (κ1) is 16.4. The predicted octanol–water partition coefficient (Wildman–Crippen LogP) is 0.528. The lowest BCUT2D eigenvalue weighted by molar-refractivity contribution is -0.121. The Kier molecular flexibility index (Phi) is 9.03. The highest BCUT2D eigenvalue weighted by atomic mass is 16.5. The van der Waals surface area contributed by atoms with Crippen molar-refractivity contribution in [3.8, 4) is 0 Å². The summed E-state index contributed by atoms with van der Waals surface area (Å²) in [5.41, 5.74) is 5.25. The first-order chi connectivity index (χ1) is 7.93. The Balaban J connectivity index is 3.58. The van der Waals surface area contributed by atoms with E-state index >= 15 is 0 Å². The Morgan fingerprint density at radius 2 is 1.65 bits per heavy atom. The average Bonchev–Trinajstić information content (AvgIpc) is 2.20. The Morgan fingerprint density at radius 3 is 2.06 bits per heavy atom. The third-order valence-electron chi connectivity index (χ3n) is 1.99. The van der Waals surface area contributed by atoms with Crippen LogP contribution in [-0.4, -0.2) is 44.4 Å². The molecule has 0 aromatic rings. The summed E-state index contributed by atoms with van der Waals surface area (Å²) in [5.74, 6) is 0.137. The van der Waals surface area contributed by atoms with Gasteiger partial charge in [0.25, 0.3) is 0 Å². The molecular weight excluding hydrogens is 220 g/mol. The molecule has 0 rings (SSSR count). The fourth-order valence-corrected chi connectivity index (χ4v) is 1.25. The van der Waals surface area contributed by atoms with Crippen molar-refractivity contribution in [1.29, 1.82) is 0 Å². The van der Waals surface area contributed by atoms with Gasteiger partial charge in [-0.2, -0.15) is 0 Å². The minimum atomic E-state index is -0.430. The maximum Gasteiger partial charge on any atom is 0.236 e. The van der Waals surface area contributed by atoms with Crippen LogP contribution < -0.4 is 11.1 Å². The SMILES string of the molecule is CC(C)COCCOCC(NC(C)C)C(N)=O. The summed E-state index contributed by atoms with van der Waals surface area (Å²) < 4.78 is 10.7. The van der Waals surface area contributed by atoms with E-state index < -0.39 is 6.04 Å². The zero-order valence-corrected chi connectivity index (χ0v) is 11.4. The van der Waals surface area contributed by atoms with Gasteiger partial charge in [-0.15, -0.1) is 0 Å². The van der Waals surface area contributed by atoms with Gasteiger partial charge in [-0.3, -0.25) is 4.79 Å².